The molecule has 120 valence electrons. The Bertz CT molecular complexity index is 566. The zero-order valence-corrected chi connectivity index (χ0v) is 12.3. The molecule has 22 heavy (non-hydrogen) atoms. The lowest BCUT2D eigenvalue weighted by Crippen LogP contribution is -2.29. The van der Waals surface area contributed by atoms with Crippen molar-refractivity contribution in [3.8, 4) is 0 Å². The number of anilines is 1. The highest BCUT2D eigenvalue weighted by Gasteiger charge is 2.27. The van der Waals surface area contributed by atoms with E-state index in [9.17, 15) is 22.8 Å². The van der Waals surface area contributed by atoms with Crippen LogP contribution in [0.2, 0.25) is 0 Å². The number of amides is 3. The van der Waals surface area contributed by atoms with Crippen molar-refractivity contribution in [1.29, 1.82) is 0 Å². The van der Waals surface area contributed by atoms with E-state index in [0.29, 0.717) is 24.3 Å². The minimum absolute atomic E-state index is 0.0859. The van der Waals surface area contributed by atoms with E-state index in [1.165, 1.54) is 11.0 Å². The molecule has 1 fully saturated rings. The van der Waals surface area contributed by atoms with E-state index < -0.39 is 11.4 Å². The average molecular weight is 333 g/mol. The fourth-order valence-electron chi connectivity index (χ4n) is 1.97. The fourth-order valence-corrected chi connectivity index (χ4v) is 2.40. The van der Waals surface area contributed by atoms with Crippen LogP contribution < -0.4 is 15.5 Å². The lowest BCUT2D eigenvalue weighted by Gasteiger charge is -2.15. The fraction of sp³-hybridized carbons (Fsp3) is 0.385. The number of thioether (sulfide) groups is 1. The van der Waals surface area contributed by atoms with Crippen LogP contribution >= 0.6 is 11.8 Å². The van der Waals surface area contributed by atoms with Crippen LogP contribution in [0.15, 0.2) is 24.3 Å². The highest BCUT2D eigenvalue weighted by atomic mass is 32.2. The third-order valence-electron chi connectivity index (χ3n) is 2.93. The minimum atomic E-state index is -4.30. The number of urea groups is 1. The van der Waals surface area contributed by atoms with Gasteiger partial charge in [-0.05, 0) is 30.0 Å². The van der Waals surface area contributed by atoms with Crippen LogP contribution in [0, 0.1) is 0 Å². The van der Waals surface area contributed by atoms with Gasteiger partial charge < -0.3 is 10.6 Å². The molecule has 1 saturated heterocycles. The van der Waals surface area contributed by atoms with Crippen molar-refractivity contribution in [3.05, 3.63) is 29.8 Å². The Morgan fingerprint density at radius 3 is 2.82 bits per heavy atom. The van der Waals surface area contributed by atoms with Gasteiger partial charge in [-0.3, -0.25) is 9.69 Å². The molecule has 0 bridgehead atoms. The van der Waals surface area contributed by atoms with Crippen molar-refractivity contribution in [2.45, 2.75) is 5.51 Å². The molecule has 0 spiro atoms. The Labute approximate surface area is 129 Å². The number of carbonyl (C=O) groups excluding carboxylic acids is 2. The van der Waals surface area contributed by atoms with Gasteiger partial charge in [0.1, 0.15) is 0 Å². The van der Waals surface area contributed by atoms with Crippen LogP contribution in [0.4, 0.5) is 23.7 Å². The van der Waals surface area contributed by atoms with Gasteiger partial charge in [-0.2, -0.15) is 13.2 Å². The van der Waals surface area contributed by atoms with Crippen molar-refractivity contribution in [2.24, 2.45) is 0 Å². The van der Waals surface area contributed by atoms with Crippen LogP contribution in [0.5, 0.6) is 0 Å². The summed E-state index contributed by atoms with van der Waals surface area (Å²) >= 11 is -0.181. The molecular weight excluding hydrogens is 319 g/mol. The highest BCUT2D eigenvalue weighted by Crippen LogP contribution is 2.29. The quantitative estimate of drug-likeness (QED) is 0.812. The molecule has 1 aliphatic heterocycles. The third-order valence-corrected chi connectivity index (χ3v) is 3.67. The zero-order chi connectivity index (χ0) is 16.2. The molecule has 1 aliphatic rings. The molecule has 0 aromatic heterocycles. The molecule has 3 amide bonds. The second kappa shape index (κ2) is 6.91. The SMILES string of the molecule is O=C(NCCSC(F)(F)F)c1cccc(N2CCNC2=O)c1. The first-order chi connectivity index (χ1) is 10.4. The van der Waals surface area contributed by atoms with Crippen molar-refractivity contribution in [2.75, 3.05) is 30.3 Å². The predicted octanol–water partition coefficient (Wildman–Crippen LogP) is 2.20. The van der Waals surface area contributed by atoms with E-state index >= 15 is 0 Å². The van der Waals surface area contributed by atoms with Crippen LogP contribution in [-0.4, -0.2) is 42.8 Å². The molecule has 1 heterocycles. The van der Waals surface area contributed by atoms with Gasteiger partial charge in [0.05, 0.1) is 0 Å². The smallest absolute Gasteiger partial charge is 0.351 e. The van der Waals surface area contributed by atoms with Gasteiger partial charge in [0.2, 0.25) is 0 Å². The van der Waals surface area contributed by atoms with Crippen LogP contribution in [0.3, 0.4) is 0 Å². The topological polar surface area (TPSA) is 61.4 Å². The van der Waals surface area contributed by atoms with Crippen LogP contribution in [-0.2, 0) is 0 Å². The average Bonchev–Trinajstić information content (AvgIpc) is 2.89. The molecule has 0 unspecified atom stereocenters. The van der Waals surface area contributed by atoms with Gasteiger partial charge in [-0.25, -0.2) is 4.79 Å². The van der Waals surface area contributed by atoms with Gasteiger partial charge in [0, 0.05) is 36.6 Å². The van der Waals surface area contributed by atoms with Gasteiger partial charge in [-0.1, -0.05) is 6.07 Å². The molecule has 0 aliphatic carbocycles. The molecule has 2 N–H and O–H groups in total. The Morgan fingerprint density at radius 2 is 2.18 bits per heavy atom. The van der Waals surface area contributed by atoms with E-state index in [2.05, 4.69) is 10.6 Å². The van der Waals surface area contributed by atoms with Crippen molar-refractivity contribution in [3.63, 3.8) is 0 Å². The first kappa shape index (κ1) is 16.5. The van der Waals surface area contributed by atoms with E-state index in [-0.39, 0.29) is 30.1 Å². The lowest BCUT2D eigenvalue weighted by molar-refractivity contribution is -0.0327. The first-order valence-corrected chi connectivity index (χ1v) is 7.50. The second-order valence-corrected chi connectivity index (χ2v) is 5.64. The normalized spacial score (nSPS) is 14.9. The molecular formula is C13H14F3N3O2S. The van der Waals surface area contributed by atoms with Crippen molar-refractivity contribution in [1.82, 2.24) is 10.6 Å². The van der Waals surface area contributed by atoms with E-state index in [4.69, 9.17) is 0 Å². The molecule has 1 aromatic carbocycles. The Morgan fingerprint density at radius 1 is 1.41 bits per heavy atom. The number of hydrogen-bond donors (Lipinski definition) is 2. The number of benzene rings is 1. The summed E-state index contributed by atoms with van der Waals surface area (Å²) in [5, 5.41) is 5.07. The van der Waals surface area contributed by atoms with E-state index in [1.54, 1.807) is 18.2 Å². The Balaban J connectivity index is 1.91. The number of rotatable bonds is 5. The van der Waals surface area contributed by atoms with Crippen LogP contribution in [0.1, 0.15) is 10.4 Å². The highest BCUT2D eigenvalue weighted by molar-refractivity contribution is 8.00. The maximum absolute atomic E-state index is 12.0. The molecule has 1 aromatic rings. The molecule has 0 radical (unpaired) electrons. The molecule has 2 rings (SSSR count). The maximum Gasteiger partial charge on any atom is 0.441 e. The zero-order valence-electron chi connectivity index (χ0n) is 11.4. The molecule has 5 nitrogen and oxygen atoms in total. The van der Waals surface area contributed by atoms with Gasteiger partial charge in [0.15, 0.2) is 0 Å². The molecule has 0 saturated carbocycles. The summed E-state index contributed by atoms with van der Waals surface area (Å²) in [5.41, 5.74) is -3.42. The van der Waals surface area contributed by atoms with Crippen molar-refractivity contribution < 1.29 is 22.8 Å². The summed E-state index contributed by atoms with van der Waals surface area (Å²) < 4.78 is 35.9. The number of nitrogens with one attached hydrogen (secondary N) is 2. The summed E-state index contributed by atoms with van der Waals surface area (Å²) in [6, 6.07) is 6.17. The number of carbonyl (C=O) groups is 2. The van der Waals surface area contributed by atoms with Gasteiger partial charge >= 0.3 is 11.5 Å². The standard InChI is InChI=1S/C13H14F3N3O2S/c14-13(15,16)22-7-5-17-11(20)9-2-1-3-10(8-9)19-6-4-18-12(19)21/h1-3,8H,4-7H2,(H,17,20)(H,18,21). The Kier molecular flexibility index (Phi) is 5.17. The molecule has 9 heteroatoms. The molecule has 0 atom stereocenters. The third kappa shape index (κ3) is 4.55. The minimum Gasteiger partial charge on any atom is -0.351 e. The number of halogens is 3. The van der Waals surface area contributed by atoms with Crippen molar-refractivity contribution >= 4 is 29.4 Å². The monoisotopic (exact) mass is 333 g/mol. The summed E-state index contributed by atoms with van der Waals surface area (Å²) in [6.45, 7) is 0.952. The van der Waals surface area contributed by atoms with Gasteiger partial charge in [0.25, 0.3) is 5.91 Å². The second-order valence-electron chi connectivity index (χ2n) is 4.48. The Hall–Kier alpha value is -1.90. The summed E-state index contributed by atoms with van der Waals surface area (Å²) in [5.74, 6) is -0.715. The number of hydrogen-bond acceptors (Lipinski definition) is 3. The number of nitrogens with zero attached hydrogens (tertiary/aromatic N) is 1. The lowest BCUT2D eigenvalue weighted by atomic mass is 10.2. The summed E-state index contributed by atoms with van der Waals surface area (Å²) in [4.78, 5) is 25.0. The van der Waals surface area contributed by atoms with Gasteiger partial charge in [-0.15, -0.1) is 0 Å². The first-order valence-electron chi connectivity index (χ1n) is 6.51. The largest absolute Gasteiger partial charge is 0.441 e. The van der Waals surface area contributed by atoms with Crippen LogP contribution in [0.25, 0.3) is 0 Å². The summed E-state index contributed by atoms with van der Waals surface area (Å²) in [7, 11) is 0. The van der Waals surface area contributed by atoms with E-state index in [1.807, 2.05) is 0 Å². The predicted molar refractivity (Wildman–Crippen MR) is 78.0 cm³/mol. The van der Waals surface area contributed by atoms with E-state index in [0.717, 1.165) is 0 Å². The number of alkyl halides is 3. The summed E-state index contributed by atoms with van der Waals surface area (Å²) in [6.07, 6.45) is 0. The maximum atomic E-state index is 12.0.